The number of furan rings is 1. The highest BCUT2D eigenvalue weighted by Gasteiger charge is 2.17. The van der Waals surface area contributed by atoms with E-state index in [-0.39, 0.29) is 0 Å². The van der Waals surface area contributed by atoms with E-state index in [2.05, 4.69) is 16.7 Å². The smallest absolute Gasteiger partial charge is 0.122 e. The van der Waals surface area contributed by atoms with Crippen molar-refractivity contribution in [2.24, 2.45) is 5.73 Å². The molecule has 1 fully saturated rings. The minimum Gasteiger partial charge on any atom is -0.468 e. The Labute approximate surface area is 97.0 Å². The molecule has 1 aliphatic heterocycles. The van der Waals surface area contributed by atoms with Crippen molar-refractivity contribution in [3.8, 4) is 0 Å². The van der Waals surface area contributed by atoms with Crippen LogP contribution in [0.25, 0.3) is 0 Å². The monoisotopic (exact) mass is 223 g/mol. The first kappa shape index (κ1) is 11.6. The second-order valence-electron chi connectivity index (χ2n) is 4.28. The normalized spacial score (nSPS) is 19.1. The van der Waals surface area contributed by atoms with Crippen LogP contribution in [0.3, 0.4) is 0 Å². The zero-order chi connectivity index (χ0) is 11.4. The van der Waals surface area contributed by atoms with E-state index in [0.29, 0.717) is 6.54 Å². The summed E-state index contributed by atoms with van der Waals surface area (Å²) in [5, 5.41) is 0. The first-order chi connectivity index (χ1) is 7.83. The molecule has 2 rings (SSSR count). The highest BCUT2D eigenvalue weighted by Crippen LogP contribution is 2.14. The first-order valence-electron chi connectivity index (χ1n) is 6.03. The molecule has 4 nitrogen and oxygen atoms in total. The standard InChI is InChI=1S/C12H21N3O/c1-2-14-4-6-15(7-5-14)10-12-11(9-13)3-8-16-12/h3,8H,2,4-7,9-10,13H2,1H3. The third-order valence-corrected chi connectivity index (χ3v) is 3.34. The van der Waals surface area contributed by atoms with Gasteiger partial charge in [0.25, 0.3) is 0 Å². The van der Waals surface area contributed by atoms with Gasteiger partial charge in [-0.15, -0.1) is 0 Å². The maximum absolute atomic E-state index is 5.66. The molecule has 1 aliphatic rings. The van der Waals surface area contributed by atoms with E-state index in [1.165, 1.54) is 0 Å². The maximum Gasteiger partial charge on any atom is 0.122 e. The highest BCUT2D eigenvalue weighted by atomic mass is 16.3. The molecule has 0 atom stereocenters. The van der Waals surface area contributed by atoms with Gasteiger partial charge >= 0.3 is 0 Å². The Balaban J connectivity index is 1.87. The predicted octanol–water partition coefficient (Wildman–Crippen LogP) is 0.876. The lowest BCUT2D eigenvalue weighted by Crippen LogP contribution is -2.45. The van der Waals surface area contributed by atoms with Crippen LogP contribution in [0.1, 0.15) is 18.2 Å². The molecule has 2 heterocycles. The van der Waals surface area contributed by atoms with E-state index in [1.807, 2.05) is 6.07 Å². The van der Waals surface area contributed by atoms with E-state index >= 15 is 0 Å². The summed E-state index contributed by atoms with van der Waals surface area (Å²) >= 11 is 0. The average Bonchev–Trinajstić information content (AvgIpc) is 2.77. The van der Waals surface area contributed by atoms with Gasteiger partial charge in [0, 0.05) is 38.3 Å². The Morgan fingerprint density at radius 3 is 2.56 bits per heavy atom. The summed E-state index contributed by atoms with van der Waals surface area (Å²) in [5.41, 5.74) is 6.79. The van der Waals surface area contributed by atoms with Gasteiger partial charge in [-0.05, 0) is 12.6 Å². The van der Waals surface area contributed by atoms with Crippen molar-refractivity contribution in [2.45, 2.75) is 20.0 Å². The molecule has 0 aliphatic carbocycles. The van der Waals surface area contributed by atoms with Crippen molar-refractivity contribution in [3.05, 3.63) is 23.7 Å². The van der Waals surface area contributed by atoms with Gasteiger partial charge in [-0.2, -0.15) is 0 Å². The molecule has 1 aromatic heterocycles. The van der Waals surface area contributed by atoms with Crippen molar-refractivity contribution in [1.29, 1.82) is 0 Å². The molecule has 0 aromatic carbocycles. The van der Waals surface area contributed by atoms with Crippen LogP contribution < -0.4 is 5.73 Å². The number of hydrogen-bond acceptors (Lipinski definition) is 4. The zero-order valence-corrected chi connectivity index (χ0v) is 9.98. The number of piperazine rings is 1. The summed E-state index contributed by atoms with van der Waals surface area (Å²) in [5.74, 6) is 1.03. The SMILES string of the molecule is CCN1CCN(Cc2occc2CN)CC1. The van der Waals surface area contributed by atoms with E-state index < -0.39 is 0 Å². The van der Waals surface area contributed by atoms with Crippen LogP contribution in [0.5, 0.6) is 0 Å². The number of hydrogen-bond donors (Lipinski definition) is 1. The van der Waals surface area contributed by atoms with Crippen molar-refractivity contribution in [1.82, 2.24) is 9.80 Å². The average molecular weight is 223 g/mol. The van der Waals surface area contributed by atoms with Crippen LogP contribution in [-0.2, 0) is 13.1 Å². The Hall–Kier alpha value is -0.840. The molecule has 0 spiro atoms. The predicted molar refractivity (Wildman–Crippen MR) is 64.0 cm³/mol. The molecule has 2 N–H and O–H groups in total. The lowest BCUT2D eigenvalue weighted by Gasteiger charge is -2.33. The van der Waals surface area contributed by atoms with Crippen LogP contribution in [-0.4, -0.2) is 42.5 Å². The minimum atomic E-state index is 0.570. The molecule has 0 saturated carbocycles. The van der Waals surface area contributed by atoms with Crippen LogP contribution in [0.2, 0.25) is 0 Å². The Morgan fingerprint density at radius 2 is 1.94 bits per heavy atom. The van der Waals surface area contributed by atoms with Gasteiger partial charge in [-0.3, -0.25) is 4.90 Å². The molecular weight excluding hydrogens is 202 g/mol. The summed E-state index contributed by atoms with van der Waals surface area (Å²) in [4.78, 5) is 4.91. The number of rotatable bonds is 4. The summed E-state index contributed by atoms with van der Waals surface area (Å²) in [6, 6.07) is 1.97. The van der Waals surface area contributed by atoms with Crippen LogP contribution in [0, 0.1) is 0 Å². The van der Waals surface area contributed by atoms with Gasteiger partial charge in [-0.1, -0.05) is 6.92 Å². The van der Waals surface area contributed by atoms with Gasteiger partial charge in [-0.25, -0.2) is 0 Å². The molecule has 90 valence electrons. The second-order valence-corrected chi connectivity index (χ2v) is 4.28. The molecule has 0 radical (unpaired) electrons. The highest BCUT2D eigenvalue weighted by molar-refractivity contribution is 5.16. The molecular formula is C12H21N3O. The lowest BCUT2D eigenvalue weighted by atomic mass is 10.2. The number of likely N-dealkylation sites (N-methyl/N-ethyl adjacent to an activating group) is 1. The van der Waals surface area contributed by atoms with E-state index in [1.54, 1.807) is 6.26 Å². The molecule has 1 aromatic rings. The van der Waals surface area contributed by atoms with Crippen molar-refractivity contribution in [3.63, 3.8) is 0 Å². The largest absolute Gasteiger partial charge is 0.468 e. The van der Waals surface area contributed by atoms with Gasteiger partial charge in [0.2, 0.25) is 0 Å². The summed E-state index contributed by atoms with van der Waals surface area (Å²) in [7, 11) is 0. The quantitative estimate of drug-likeness (QED) is 0.823. The zero-order valence-electron chi connectivity index (χ0n) is 9.98. The van der Waals surface area contributed by atoms with Crippen LogP contribution in [0.15, 0.2) is 16.7 Å². The number of nitrogens with two attached hydrogens (primary N) is 1. The van der Waals surface area contributed by atoms with Gasteiger partial charge in [0.1, 0.15) is 5.76 Å². The Kier molecular flexibility index (Phi) is 3.98. The van der Waals surface area contributed by atoms with E-state index in [9.17, 15) is 0 Å². The summed E-state index contributed by atoms with van der Waals surface area (Å²) < 4.78 is 5.48. The maximum atomic E-state index is 5.66. The Bertz CT molecular complexity index is 316. The van der Waals surface area contributed by atoms with Gasteiger partial charge in [0.05, 0.1) is 12.8 Å². The second kappa shape index (κ2) is 5.48. The topological polar surface area (TPSA) is 45.6 Å². The fraction of sp³-hybridized carbons (Fsp3) is 0.667. The van der Waals surface area contributed by atoms with Crippen molar-refractivity contribution >= 4 is 0 Å². The fourth-order valence-electron chi connectivity index (χ4n) is 2.15. The first-order valence-corrected chi connectivity index (χ1v) is 6.03. The molecule has 0 bridgehead atoms. The van der Waals surface area contributed by atoms with E-state index in [0.717, 1.165) is 50.6 Å². The Morgan fingerprint density at radius 1 is 1.25 bits per heavy atom. The van der Waals surface area contributed by atoms with E-state index in [4.69, 9.17) is 10.2 Å². The lowest BCUT2D eigenvalue weighted by molar-refractivity contribution is 0.125. The third-order valence-electron chi connectivity index (χ3n) is 3.34. The summed E-state index contributed by atoms with van der Waals surface area (Å²) in [6.07, 6.45) is 1.74. The summed E-state index contributed by atoms with van der Waals surface area (Å²) in [6.45, 7) is 9.41. The van der Waals surface area contributed by atoms with Crippen molar-refractivity contribution in [2.75, 3.05) is 32.7 Å². The molecule has 1 saturated heterocycles. The van der Waals surface area contributed by atoms with Gasteiger partial charge in [0.15, 0.2) is 0 Å². The molecule has 4 heteroatoms. The molecule has 16 heavy (non-hydrogen) atoms. The molecule has 0 unspecified atom stereocenters. The van der Waals surface area contributed by atoms with Crippen LogP contribution >= 0.6 is 0 Å². The molecule has 0 amide bonds. The fourth-order valence-corrected chi connectivity index (χ4v) is 2.15. The van der Waals surface area contributed by atoms with Crippen LogP contribution in [0.4, 0.5) is 0 Å². The third kappa shape index (κ3) is 2.64. The van der Waals surface area contributed by atoms with Crippen molar-refractivity contribution < 1.29 is 4.42 Å². The van der Waals surface area contributed by atoms with Gasteiger partial charge < -0.3 is 15.1 Å². The minimum absolute atomic E-state index is 0.570. The number of nitrogens with zero attached hydrogens (tertiary/aromatic N) is 2.